The first kappa shape index (κ1) is 16.3. The van der Waals surface area contributed by atoms with Crippen LogP contribution >= 0.6 is 0 Å². The van der Waals surface area contributed by atoms with Gasteiger partial charge in [0.1, 0.15) is 0 Å². The summed E-state index contributed by atoms with van der Waals surface area (Å²) >= 11 is 0. The minimum absolute atomic E-state index is 0.00990. The summed E-state index contributed by atoms with van der Waals surface area (Å²) in [5.74, 6) is -0.402. The number of amides is 1. The molecule has 0 atom stereocenters. The second-order valence-corrected chi connectivity index (χ2v) is 5.57. The summed E-state index contributed by atoms with van der Waals surface area (Å²) in [6, 6.07) is 5.36. The fraction of sp³-hybridized carbons (Fsp3) is 0.529. The molecule has 1 aliphatic heterocycles. The first-order valence-corrected chi connectivity index (χ1v) is 7.93. The Hall–Kier alpha value is -2.04. The van der Waals surface area contributed by atoms with Gasteiger partial charge < -0.3 is 15.0 Å². The molecule has 1 aliphatic rings. The molecular formula is C17H24N2O3. The van der Waals surface area contributed by atoms with Crippen LogP contribution < -0.4 is 10.2 Å². The quantitative estimate of drug-likeness (QED) is 0.820. The van der Waals surface area contributed by atoms with E-state index in [1.165, 1.54) is 7.11 Å². The molecular weight excluding hydrogens is 280 g/mol. The van der Waals surface area contributed by atoms with Crippen LogP contribution in [0.15, 0.2) is 18.2 Å². The van der Waals surface area contributed by atoms with Crippen LogP contribution in [-0.2, 0) is 9.53 Å². The zero-order chi connectivity index (χ0) is 15.9. The lowest BCUT2D eigenvalue weighted by Gasteiger charge is -2.22. The Bertz CT molecular complexity index is 537. The standard InChI is InChI=1S/C17H24N2O3/c1-3-4-7-16(20)18-14-12-13(17(21)22-2)8-9-15(14)19-10-5-6-11-19/h8-9,12H,3-7,10-11H2,1-2H3,(H,18,20). The highest BCUT2D eigenvalue weighted by Gasteiger charge is 2.19. The van der Waals surface area contributed by atoms with Gasteiger partial charge in [-0.2, -0.15) is 0 Å². The maximum absolute atomic E-state index is 12.0. The molecule has 1 heterocycles. The minimum atomic E-state index is -0.392. The molecule has 120 valence electrons. The smallest absolute Gasteiger partial charge is 0.337 e. The van der Waals surface area contributed by atoms with Gasteiger partial charge in [0.25, 0.3) is 0 Å². The summed E-state index contributed by atoms with van der Waals surface area (Å²) in [6.07, 6.45) is 4.65. The SMILES string of the molecule is CCCCC(=O)Nc1cc(C(=O)OC)ccc1N1CCCC1. The summed E-state index contributed by atoms with van der Waals surface area (Å²) in [6.45, 7) is 4.02. The van der Waals surface area contributed by atoms with Crippen molar-refractivity contribution in [2.24, 2.45) is 0 Å². The predicted octanol–water partition coefficient (Wildman–Crippen LogP) is 3.20. The van der Waals surface area contributed by atoms with Gasteiger partial charge >= 0.3 is 5.97 Å². The van der Waals surface area contributed by atoms with Crippen molar-refractivity contribution in [2.45, 2.75) is 39.0 Å². The number of hydrogen-bond donors (Lipinski definition) is 1. The Balaban J connectivity index is 2.24. The van der Waals surface area contributed by atoms with E-state index in [9.17, 15) is 9.59 Å². The molecule has 5 nitrogen and oxygen atoms in total. The number of nitrogens with zero attached hydrogens (tertiary/aromatic N) is 1. The number of carbonyl (C=O) groups is 2. The number of nitrogens with one attached hydrogen (secondary N) is 1. The highest BCUT2D eigenvalue weighted by molar-refractivity contribution is 5.98. The van der Waals surface area contributed by atoms with E-state index in [1.54, 1.807) is 12.1 Å². The fourth-order valence-electron chi connectivity index (χ4n) is 2.66. The topological polar surface area (TPSA) is 58.6 Å². The van der Waals surface area contributed by atoms with Gasteiger partial charge in [0.05, 0.1) is 24.0 Å². The van der Waals surface area contributed by atoms with E-state index in [-0.39, 0.29) is 5.91 Å². The summed E-state index contributed by atoms with van der Waals surface area (Å²) in [4.78, 5) is 26.0. The van der Waals surface area contributed by atoms with Crippen LogP contribution in [-0.4, -0.2) is 32.1 Å². The Labute approximate surface area is 131 Å². The van der Waals surface area contributed by atoms with Gasteiger partial charge in [-0.3, -0.25) is 4.79 Å². The normalized spacial score (nSPS) is 14.0. The maximum Gasteiger partial charge on any atom is 0.337 e. The molecule has 1 aromatic carbocycles. The van der Waals surface area contributed by atoms with Gasteiger partial charge in [0.15, 0.2) is 0 Å². The van der Waals surface area contributed by atoms with Gasteiger partial charge in [-0.15, -0.1) is 0 Å². The summed E-state index contributed by atoms with van der Waals surface area (Å²) in [5.41, 5.74) is 2.14. The number of hydrogen-bond acceptors (Lipinski definition) is 4. The lowest BCUT2D eigenvalue weighted by atomic mass is 10.1. The fourth-order valence-corrected chi connectivity index (χ4v) is 2.66. The predicted molar refractivity (Wildman–Crippen MR) is 87.4 cm³/mol. The van der Waals surface area contributed by atoms with Crippen molar-refractivity contribution < 1.29 is 14.3 Å². The van der Waals surface area contributed by atoms with E-state index in [1.807, 2.05) is 6.07 Å². The first-order chi connectivity index (χ1) is 10.7. The molecule has 0 spiro atoms. The average molecular weight is 304 g/mol. The van der Waals surface area contributed by atoms with Crippen molar-refractivity contribution >= 4 is 23.3 Å². The summed E-state index contributed by atoms with van der Waals surface area (Å²) in [7, 11) is 1.36. The molecule has 1 saturated heterocycles. The molecule has 1 N–H and O–H groups in total. The van der Waals surface area contributed by atoms with E-state index in [4.69, 9.17) is 4.74 Å². The van der Waals surface area contributed by atoms with Crippen molar-refractivity contribution in [1.29, 1.82) is 0 Å². The lowest BCUT2D eigenvalue weighted by Crippen LogP contribution is -2.21. The number of methoxy groups -OCH3 is 1. The van der Waals surface area contributed by atoms with Crippen LogP contribution in [0.4, 0.5) is 11.4 Å². The van der Waals surface area contributed by atoms with Gasteiger partial charge in [-0.1, -0.05) is 13.3 Å². The highest BCUT2D eigenvalue weighted by atomic mass is 16.5. The van der Waals surface area contributed by atoms with Crippen LogP contribution in [0.2, 0.25) is 0 Å². The third-order valence-corrected chi connectivity index (χ3v) is 3.90. The molecule has 5 heteroatoms. The number of benzene rings is 1. The van der Waals surface area contributed by atoms with Gasteiger partial charge in [-0.25, -0.2) is 4.79 Å². The van der Waals surface area contributed by atoms with Crippen molar-refractivity contribution in [3.63, 3.8) is 0 Å². The van der Waals surface area contributed by atoms with E-state index in [0.717, 1.165) is 44.5 Å². The van der Waals surface area contributed by atoms with Crippen molar-refractivity contribution in [3.8, 4) is 0 Å². The molecule has 0 unspecified atom stereocenters. The molecule has 22 heavy (non-hydrogen) atoms. The van der Waals surface area contributed by atoms with Gasteiger partial charge in [0, 0.05) is 19.5 Å². The summed E-state index contributed by atoms with van der Waals surface area (Å²) in [5, 5.41) is 2.95. The Morgan fingerprint density at radius 3 is 2.64 bits per heavy atom. The maximum atomic E-state index is 12.0. The van der Waals surface area contributed by atoms with Gasteiger partial charge in [-0.05, 0) is 37.5 Å². The monoisotopic (exact) mass is 304 g/mol. The lowest BCUT2D eigenvalue weighted by molar-refractivity contribution is -0.116. The third kappa shape index (κ3) is 4.00. The molecule has 0 aliphatic carbocycles. The Morgan fingerprint density at radius 2 is 2.00 bits per heavy atom. The van der Waals surface area contributed by atoms with Gasteiger partial charge in [0.2, 0.25) is 5.91 Å². The van der Waals surface area contributed by atoms with Crippen LogP contribution in [0, 0.1) is 0 Å². The number of anilines is 2. The Kier molecular flexibility index (Phi) is 5.81. The van der Waals surface area contributed by atoms with Crippen LogP contribution in [0.5, 0.6) is 0 Å². The molecule has 0 radical (unpaired) electrons. The largest absolute Gasteiger partial charge is 0.465 e. The van der Waals surface area contributed by atoms with E-state index in [2.05, 4.69) is 17.1 Å². The third-order valence-electron chi connectivity index (χ3n) is 3.90. The number of carbonyl (C=O) groups excluding carboxylic acids is 2. The molecule has 2 rings (SSSR count). The van der Waals surface area contributed by atoms with E-state index in [0.29, 0.717) is 17.7 Å². The molecule has 1 amide bonds. The van der Waals surface area contributed by atoms with Crippen molar-refractivity contribution in [2.75, 3.05) is 30.4 Å². The minimum Gasteiger partial charge on any atom is -0.465 e. The zero-order valence-electron chi connectivity index (χ0n) is 13.4. The molecule has 0 bridgehead atoms. The Morgan fingerprint density at radius 1 is 1.27 bits per heavy atom. The zero-order valence-corrected chi connectivity index (χ0v) is 13.4. The first-order valence-electron chi connectivity index (χ1n) is 7.93. The molecule has 1 aromatic rings. The molecule has 1 fully saturated rings. The highest BCUT2D eigenvalue weighted by Crippen LogP contribution is 2.30. The van der Waals surface area contributed by atoms with E-state index < -0.39 is 5.97 Å². The molecule has 0 aromatic heterocycles. The summed E-state index contributed by atoms with van der Waals surface area (Å²) < 4.78 is 4.76. The van der Waals surface area contributed by atoms with E-state index >= 15 is 0 Å². The second kappa shape index (κ2) is 7.82. The van der Waals surface area contributed by atoms with Crippen LogP contribution in [0.25, 0.3) is 0 Å². The number of ether oxygens (including phenoxy) is 1. The van der Waals surface area contributed by atoms with Crippen LogP contribution in [0.3, 0.4) is 0 Å². The number of unbranched alkanes of at least 4 members (excludes halogenated alkanes) is 1. The van der Waals surface area contributed by atoms with Crippen LogP contribution in [0.1, 0.15) is 49.4 Å². The van der Waals surface area contributed by atoms with Crippen molar-refractivity contribution in [1.82, 2.24) is 0 Å². The number of esters is 1. The average Bonchev–Trinajstić information content (AvgIpc) is 3.06. The second-order valence-electron chi connectivity index (χ2n) is 5.57. The molecule has 0 saturated carbocycles. The number of rotatable bonds is 6. The van der Waals surface area contributed by atoms with Crippen molar-refractivity contribution in [3.05, 3.63) is 23.8 Å².